The molecule has 1 fully saturated rings. The van der Waals surface area contributed by atoms with Gasteiger partial charge in [0.25, 0.3) is 5.56 Å². The highest BCUT2D eigenvalue weighted by Crippen LogP contribution is 2.23. The Bertz CT molecular complexity index is 436. The van der Waals surface area contributed by atoms with Crippen LogP contribution >= 0.6 is 15.9 Å². The van der Waals surface area contributed by atoms with Crippen molar-refractivity contribution in [3.05, 3.63) is 33.2 Å². The predicted molar refractivity (Wildman–Crippen MR) is 77.8 cm³/mol. The van der Waals surface area contributed by atoms with Gasteiger partial charge in [0.15, 0.2) is 0 Å². The first-order valence-electron chi connectivity index (χ1n) is 6.74. The molecule has 18 heavy (non-hydrogen) atoms. The number of aromatic nitrogens is 1. The lowest BCUT2D eigenvalue weighted by atomic mass is 9.87. The van der Waals surface area contributed by atoms with Crippen molar-refractivity contribution in [2.45, 2.75) is 45.2 Å². The average Bonchev–Trinajstić information content (AvgIpc) is 2.36. The molecule has 1 aromatic heterocycles. The summed E-state index contributed by atoms with van der Waals surface area (Å²) in [6.45, 7) is 3.94. The third-order valence-electron chi connectivity index (χ3n) is 3.75. The van der Waals surface area contributed by atoms with Crippen molar-refractivity contribution < 1.29 is 0 Å². The number of halogens is 1. The summed E-state index contributed by atoms with van der Waals surface area (Å²) in [5, 5.41) is 3.56. The minimum absolute atomic E-state index is 0.0669. The maximum absolute atomic E-state index is 11.6. The highest BCUT2D eigenvalue weighted by molar-refractivity contribution is 9.10. The van der Waals surface area contributed by atoms with E-state index in [1.807, 2.05) is 6.20 Å². The zero-order valence-electron chi connectivity index (χ0n) is 10.9. The van der Waals surface area contributed by atoms with Gasteiger partial charge in [0, 0.05) is 35.9 Å². The number of pyridine rings is 1. The number of hydrogen-bond donors (Lipinski definition) is 1. The summed E-state index contributed by atoms with van der Waals surface area (Å²) < 4.78 is 2.70. The molecule has 1 heterocycles. The second-order valence-electron chi connectivity index (χ2n) is 5.29. The van der Waals surface area contributed by atoms with Crippen LogP contribution in [0, 0.1) is 5.92 Å². The fourth-order valence-corrected chi connectivity index (χ4v) is 2.91. The molecule has 0 aliphatic heterocycles. The van der Waals surface area contributed by atoms with Crippen molar-refractivity contribution in [1.82, 2.24) is 9.88 Å². The number of nitrogens with zero attached hydrogens (tertiary/aromatic N) is 1. The largest absolute Gasteiger partial charge is 0.313 e. The molecule has 0 spiro atoms. The lowest BCUT2D eigenvalue weighted by molar-refractivity contribution is 0.305. The summed E-state index contributed by atoms with van der Waals surface area (Å²) in [5.41, 5.74) is 0.0669. The summed E-state index contributed by atoms with van der Waals surface area (Å²) in [7, 11) is 0. The summed E-state index contributed by atoms with van der Waals surface area (Å²) in [4.78, 5) is 11.6. The minimum Gasteiger partial charge on any atom is -0.313 e. The van der Waals surface area contributed by atoms with E-state index < -0.39 is 0 Å². The number of hydrogen-bond acceptors (Lipinski definition) is 2. The second kappa shape index (κ2) is 6.53. The quantitative estimate of drug-likeness (QED) is 0.927. The van der Waals surface area contributed by atoms with Crippen molar-refractivity contribution in [2.75, 3.05) is 6.54 Å². The average molecular weight is 313 g/mol. The first kappa shape index (κ1) is 13.8. The minimum atomic E-state index is 0.0669. The van der Waals surface area contributed by atoms with Crippen LogP contribution in [-0.4, -0.2) is 17.2 Å². The van der Waals surface area contributed by atoms with E-state index in [0.717, 1.165) is 23.5 Å². The van der Waals surface area contributed by atoms with Crippen molar-refractivity contribution >= 4 is 15.9 Å². The van der Waals surface area contributed by atoms with E-state index in [2.05, 4.69) is 28.2 Å². The summed E-state index contributed by atoms with van der Waals surface area (Å²) in [5.74, 6) is 0.885. The Morgan fingerprint density at radius 1 is 1.33 bits per heavy atom. The molecule has 0 bridgehead atoms. The molecular formula is C14H21BrN2O. The second-order valence-corrected chi connectivity index (χ2v) is 6.21. The smallest absolute Gasteiger partial charge is 0.250 e. The van der Waals surface area contributed by atoms with Crippen molar-refractivity contribution in [3.8, 4) is 0 Å². The maximum Gasteiger partial charge on any atom is 0.250 e. The van der Waals surface area contributed by atoms with Gasteiger partial charge in [-0.1, -0.05) is 6.92 Å². The molecule has 3 nitrogen and oxygen atoms in total. The molecule has 0 unspecified atom stereocenters. The molecule has 0 aromatic carbocycles. The molecule has 0 saturated heterocycles. The summed E-state index contributed by atoms with van der Waals surface area (Å²) in [6.07, 6.45) is 7.05. The fourth-order valence-electron chi connectivity index (χ4n) is 2.53. The lowest BCUT2D eigenvalue weighted by Gasteiger charge is -2.27. The number of nitrogens with one attached hydrogen (secondary N) is 1. The van der Waals surface area contributed by atoms with Gasteiger partial charge in [-0.3, -0.25) is 4.79 Å². The van der Waals surface area contributed by atoms with Crippen LogP contribution in [0.4, 0.5) is 0 Å². The molecule has 1 aliphatic carbocycles. The van der Waals surface area contributed by atoms with E-state index in [9.17, 15) is 4.79 Å². The Kier molecular flexibility index (Phi) is 5.01. The summed E-state index contributed by atoms with van der Waals surface area (Å²) >= 11 is 3.39. The van der Waals surface area contributed by atoms with Crippen molar-refractivity contribution in [2.24, 2.45) is 5.92 Å². The van der Waals surface area contributed by atoms with Crippen LogP contribution in [-0.2, 0) is 6.54 Å². The zero-order chi connectivity index (χ0) is 13.0. The molecule has 2 rings (SSSR count). The highest BCUT2D eigenvalue weighted by atomic mass is 79.9. The molecule has 100 valence electrons. The van der Waals surface area contributed by atoms with E-state index in [4.69, 9.17) is 0 Å². The Balaban J connectivity index is 1.78. The van der Waals surface area contributed by atoms with Crippen LogP contribution in [0.1, 0.15) is 32.6 Å². The first-order valence-corrected chi connectivity index (χ1v) is 7.54. The van der Waals surface area contributed by atoms with Crippen LogP contribution in [0.2, 0.25) is 0 Å². The highest BCUT2D eigenvalue weighted by Gasteiger charge is 2.17. The lowest BCUT2D eigenvalue weighted by Crippen LogP contribution is -2.36. The zero-order valence-corrected chi connectivity index (χ0v) is 12.4. The van der Waals surface area contributed by atoms with E-state index in [0.29, 0.717) is 6.04 Å². The molecule has 0 atom stereocenters. The molecule has 1 N–H and O–H groups in total. The first-order chi connectivity index (χ1) is 8.65. The Morgan fingerprint density at radius 2 is 2.06 bits per heavy atom. The molecular weight excluding hydrogens is 292 g/mol. The van der Waals surface area contributed by atoms with E-state index in [-0.39, 0.29) is 5.56 Å². The molecule has 4 heteroatoms. The molecule has 1 aromatic rings. The third kappa shape index (κ3) is 3.95. The predicted octanol–water partition coefficient (Wildman–Crippen LogP) is 2.78. The van der Waals surface area contributed by atoms with Crippen LogP contribution in [0.3, 0.4) is 0 Å². The fraction of sp³-hybridized carbons (Fsp3) is 0.643. The van der Waals surface area contributed by atoms with E-state index in [1.54, 1.807) is 16.7 Å². The van der Waals surface area contributed by atoms with Crippen LogP contribution in [0.5, 0.6) is 0 Å². The van der Waals surface area contributed by atoms with Gasteiger partial charge in [0.05, 0.1) is 0 Å². The van der Waals surface area contributed by atoms with Crippen molar-refractivity contribution in [3.63, 3.8) is 0 Å². The van der Waals surface area contributed by atoms with Gasteiger partial charge < -0.3 is 9.88 Å². The van der Waals surface area contributed by atoms with Gasteiger partial charge in [-0.2, -0.15) is 0 Å². The molecule has 0 amide bonds. The SMILES string of the molecule is CC1CCC(NCCn2cc(Br)ccc2=O)CC1. The van der Waals surface area contributed by atoms with Gasteiger partial charge in [-0.05, 0) is 53.6 Å². The van der Waals surface area contributed by atoms with Crippen LogP contribution in [0.15, 0.2) is 27.6 Å². The normalized spacial score (nSPS) is 24.1. The topological polar surface area (TPSA) is 34.0 Å². The van der Waals surface area contributed by atoms with Crippen LogP contribution in [0.25, 0.3) is 0 Å². The van der Waals surface area contributed by atoms with Crippen molar-refractivity contribution in [1.29, 1.82) is 0 Å². The standard InChI is InChI=1S/C14H21BrN2O/c1-11-2-5-13(6-3-11)16-8-9-17-10-12(15)4-7-14(17)18/h4,7,10-11,13,16H,2-3,5-6,8-9H2,1H3. The Morgan fingerprint density at radius 3 is 2.78 bits per heavy atom. The monoisotopic (exact) mass is 312 g/mol. The van der Waals surface area contributed by atoms with Gasteiger partial charge in [0.2, 0.25) is 0 Å². The van der Waals surface area contributed by atoms with Crippen LogP contribution < -0.4 is 10.9 Å². The molecule has 1 saturated carbocycles. The Labute approximate surface area is 117 Å². The Hall–Kier alpha value is -0.610. The van der Waals surface area contributed by atoms with E-state index >= 15 is 0 Å². The molecule has 0 radical (unpaired) electrons. The maximum atomic E-state index is 11.6. The summed E-state index contributed by atoms with van der Waals surface area (Å²) in [6, 6.07) is 4.03. The van der Waals surface area contributed by atoms with Gasteiger partial charge in [0.1, 0.15) is 0 Å². The van der Waals surface area contributed by atoms with Gasteiger partial charge >= 0.3 is 0 Å². The molecule has 1 aliphatic rings. The van der Waals surface area contributed by atoms with Gasteiger partial charge in [-0.15, -0.1) is 0 Å². The van der Waals surface area contributed by atoms with E-state index in [1.165, 1.54) is 25.7 Å². The third-order valence-corrected chi connectivity index (χ3v) is 4.22. The van der Waals surface area contributed by atoms with Gasteiger partial charge in [-0.25, -0.2) is 0 Å². The number of rotatable bonds is 4.